The van der Waals surface area contributed by atoms with Crippen LogP contribution >= 0.6 is 11.8 Å². The van der Waals surface area contributed by atoms with Crippen molar-refractivity contribution in [2.24, 2.45) is 0 Å². The lowest BCUT2D eigenvalue weighted by Crippen LogP contribution is -2.41. The van der Waals surface area contributed by atoms with E-state index in [-0.39, 0.29) is 29.4 Å². The van der Waals surface area contributed by atoms with Crippen LogP contribution in [0.25, 0.3) is 10.9 Å². The zero-order chi connectivity index (χ0) is 15.4. The van der Waals surface area contributed by atoms with E-state index in [0.29, 0.717) is 16.5 Å². The molecule has 0 radical (unpaired) electrons. The first-order valence-corrected chi connectivity index (χ1v) is 7.92. The molecule has 5 nitrogen and oxygen atoms in total. The van der Waals surface area contributed by atoms with E-state index in [9.17, 15) is 14.7 Å². The number of aliphatic hydroxyl groups excluding tert-OH is 1. The Bertz CT molecular complexity index is 695. The Hall–Kier alpha value is -1.79. The van der Waals surface area contributed by atoms with Crippen molar-refractivity contribution >= 4 is 28.6 Å². The maximum Gasteiger partial charge on any atom is 0.252 e. The molecule has 2 unspecified atom stereocenters. The number of amides is 1. The molecule has 0 spiro atoms. The minimum Gasteiger partial charge on any atom is -0.395 e. The van der Waals surface area contributed by atoms with E-state index in [1.165, 1.54) is 17.8 Å². The van der Waals surface area contributed by atoms with Crippen molar-refractivity contribution in [3.8, 4) is 0 Å². The van der Waals surface area contributed by atoms with E-state index in [0.717, 1.165) is 0 Å². The molecule has 2 aromatic rings. The summed E-state index contributed by atoms with van der Waals surface area (Å²) in [7, 11) is 0. The number of para-hydroxylation sites is 1. The van der Waals surface area contributed by atoms with Gasteiger partial charge in [-0.05, 0) is 19.2 Å². The van der Waals surface area contributed by atoms with Gasteiger partial charge in [-0.3, -0.25) is 9.59 Å². The van der Waals surface area contributed by atoms with Gasteiger partial charge in [0.15, 0.2) is 0 Å². The molecule has 0 aliphatic rings. The molecule has 2 rings (SSSR count). The Kier molecular flexibility index (Phi) is 5.03. The summed E-state index contributed by atoms with van der Waals surface area (Å²) >= 11 is 1.49. The lowest BCUT2D eigenvalue weighted by atomic mass is 10.1. The van der Waals surface area contributed by atoms with Gasteiger partial charge in [-0.1, -0.05) is 18.2 Å². The third-order valence-corrected chi connectivity index (χ3v) is 4.56. The molecule has 6 heteroatoms. The predicted octanol–water partition coefficient (Wildman–Crippen LogP) is 1.37. The molecule has 1 amide bonds. The van der Waals surface area contributed by atoms with Crippen LogP contribution in [-0.4, -0.2) is 40.2 Å². The van der Waals surface area contributed by atoms with Crippen LogP contribution in [0.5, 0.6) is 0 Å². The average Bonchev–Trinajstić information content (AvgIpc) is 2.47. The van der Waals surface area contributed by atoms with Crippen LogP contribution in [0.1, 0.15) is 17.3 Å². The topological polar surface area (TPSA) is 82.2 Å². The van der Waals surface area contributed by atoms with Crippen molar-refractivity contribution < 1.29 is 9.90 Å². The first-order chi connectivity index (χ1) is 10.1. The van der Waals surface area contributed by atoms with Gasteiger partial charge in [-0.2, -0.15) is 11.8 Å². The second kappa shape index (κ2) is 6.78. The Morgan fingerprint density at radius 3 is 2.81 bits per heavy atom. The highest BCUT2D eigenvalue weighted by atomic mass is 32.2. The fourth-order valence-electron chi connectivity index (χ4n) is 2.21. The van der Waals surface area contributed by atoms with Crippen LogP contribution in [0.4, 0.5) is 0 Å². The molecular weight excluding hydrogens is 288 g/mol. The van der Waals surface area contributed by atoms with Gasteiger partial charge >= 0.3 is 0 Å². The summed E-state index contributed by atoms with van der Waals surface area (Å²) in [5, 5.41) is 12.7. The summed E-state index contributed by atoms with van der Waals surface area (Å²) in [6.07, 6.45) is 1.88. The van der Waals surface area contributed by atoms with Crippen molar-refractivity contribution in [2.75, 3.05) is 12.9 Å². The third-order valence-electron chi connectivity index (χ3n) is 3.39. The molecule has 21 heavy (non-hydrogen) atoms. The smallest absolute Gasteiger partial charge is 0.252 e. The number of aromatic nitrogens is 1. The lowest BCUT2D eigenvalue weighted by molar-refractivity contribution is 0.0937. The number of benzene rings is 1. The number of carbonyl (C=O) groups is 1. The van der Waals surface area contributed by atoms with Crippen molar-refractivity contribution in [3.05, 3.63) is 46.2 Å². The third kappa shape index (κ3) is 3.46. The maximum atomic E-state index is 12.4. The standard InChI is InChI=1S/C15H18N2O3S/c1-9(13(8-18)21-2)16-15(20)11-7-14(19)17-12-6-4-3-5-10(11)12/h3-7,9,13,18H,8H2,1-2H3,(H,16,20)(H,17,19). The molecule has 1 heterocycles. The largest absolute Gasteiger partial charge is 0.395 e. The van der Waals surface area contributed by atoms with E-state index in [2.05, 4.69) is 10.3 Å². The normalized spacial score (nSPS) is 13.9. The highest BCUT2D eigenvalue weighted by Crippen LogP contribution is 2.16. The van der Waals surface area contributed by atoms with Crippen LogP contribution in [0, 0.1) is 0 Å². The minimum absolute atomic E-state index is 0.0151. The molecule has 0 bridgehead atoms. The summed E-state index contributed by atoms with van der Waals surface area (Å²) in [5.41, 5.74) is 0.667. The highest BCUT2D eigenvalue weighted by Gasteiger charge is 2.19. The van der Waals surface area contributed by atoms with Gasteiger partial charge in [0, 0.05) is 28.3 Å². The Labute approximate surface area is 126 Å². The van der Waals surface area contributed by atoms with Crippen molar-refractivity contribution in [1.29, 1.82) is 0 Å². The summed E-state index contributed by atoms with van der Waals surface area (Å²) in [6, 6.07) is 8.28. The number of pyridine rings is 1. The first-order valence-electron chi connectivity index (χ1n) is 6.63. The summed E-state index contributed by atoms with van der Waals surface area (Å²) in [6.45, 7) is 1.82. The van der Waals surface area contributed by atoms with Crippen molar-refractivity contribution in [1.82, 2.24) is 10.3 Å². The Balaban J connectivity index is 2.33. The molecule has 0 aliphatic heterocycles. The summed E-state index contributed by atoms with van der Waals surface area (Å²) < 4.78 is 0. The van der Waals surface area contributed by atoms with Gasteiger partial charge in [0.2, 0.25) is 5.56 Å². The molecule has 0 aliphatic carbocycles. The van der Waals surface area contributed by atoms with E-state index in [4.69, 9.17) is 0 Å². The van der Waals surface area contributed by atoms with Gasteiger partial charge in [0.1, 0.15) is 0 Å². The second-order valence-corrected chi connectivity index (χ2v) is 5.89. The van der Waals surface area contributed by atoms with E-state index >= 15 is 0 Å². The fourth-order valence-corrected chi connectivity index (χ4v) is 2.83. The number of aromatic amines is 1. The summed E-state index contributed by atoms with van der Waals surface area (Å²) in [4.78, 5) is 26.8. The van der Waals surface area contributed by atoms with Gasteiger partial charge in [0.25, 0.3) is 5.91 Å². The van der Waals surface area contributed by atoms with Crippen LogP contribution in [0.2, 0.25) is 0 Å². The number of carbonyl (C=O) groups excluding carboxylic acids is 1. The van der Waals surface area contributed by atoms with Gasteiger partial charge in [0.05, 0.1) is 12.2 Å². The number of hydrogen-bond donors (Lipinski definition) is 3. The van der Waals surface area contributed by atoms with Gasteiger partial charge in [-0.15, -0.1) is 0 Å². The van der Waals surface area contributed by atoms with Gasteiger partial charge < -0.3 is 15.4 Å². The van der Waals surface area contributed by atoms with Gasteiger partial charge in [-0.25, -0.2) is 0 Å². The molecule has 0 fully saturated rings. The molecule has 3 N–H and O–H groups in total. The zero-order valence-corrected chi connectivity index (χ0v) is 12.7. The average molecular weight is 306 g/mol. The Morgan fingerprint density at radius 1 is 1.43 bits per heavy atom. The van der Waals surface area contributed by atoms with Crippen molar-refractivity contribution in [3.63, 3.8) is 0 Å². The number of hydrogen-bond acceptors (Lipinski definition) is 4. The van der Waals surface area contributed by atoms with Crippen molar-refractivity contribution in [2.45, 2.75) is 18.2 Å². The number of H-pyrrole nitrogens is 1. The summed E-state index contributed by atoms with van der Waals surface area (Å²) in [5.74, 6) is -0.308. The highest BCUT2D eigenvalue weighted by molar-refractivity contribution is 7.99. The minimum atomic E-state index is -0.310. The molecule has 0 saturated carbocycles. The number of thioether (sulfide) groups is 1. The number of fused-ring (bicyclic) bond motifs is 1. The van der Waals surface area contributed by atoms with Crippen LogP contribution < -0.4 is 10.9 Å². The molecular formula is C15H18N2O3S. The molecule has 0 saturated heterocycles. The van der Waals surface area contributed by atoms with Crippen LogP contribution in [0.3, 0.4) is 0 Å². The zero-order valence-electron chi connectivity index (χ0n) is 11.9. The monoisotopic (exact) mass is 306 g/mol. The second-order valence-electron chi connectivity index (χ2n) is 4.81. The number of nitrogens with one attached hydrogen (secondary N) is 2. The Morgan fingerprint density at radius 2 is 2.14 bits per heavy atom. The first kappa shape index (κ1) is 15.6. The maximum absolute atomic E-state index is 12.4. The molecule has 1 aromatic heterocycles. The molecule has 112 valence electrons. The predicted molar refractivity (Wildman–Crippen MR) is 85.9 cm³/mol. The van der Waals surface area contributed by atoms with Crippen LogP contribution in [-0.2, 0) is 0 Å². The van der Waals surface area contributed by atoms with E-state index in [1.807, 2.05) is 19.2 Å². The van der Waals surface area contributed by atoms with Crippen LogP contribution in [0.15, 0.2) is 35.1 Å². The fraction of sp³-hybridized carbons (Fsp3) is 0.333. The SMILES string of the molecule is CSC(CO)C(C)NC(=O)c1cc(=O)[nH]c2ccccc12. The molecule has 1 aromatic carbocycles. The van der Waals surface area contributed by atoms with E-state index < -0.39 is 0 Å². The number of aliphatic hydroxyl groups is 1. The quantitative estimate of drug-likeness (QED) is 0.779. The van der Waals surface area contributed by atoms with E-state index in [1.54, 1.807) is 18.2 Å². The molecule has 2 atom stereocenters. The lowest BCUT2D eigenvalue weighted by Gasteiger charge is -2.21. The number of rotatable bonds is 5.